The van der Waals surface area contributed by atoms with Crippen LogP contribution < -0.4 is 15.4 Å². The minimum atomic E-state index is 0.282. The van der Waals surface area contributed by atoms with E-state index in [0.717, 1.165) is 19.6 Å². The van der Waals surface area contributed by atoms with Crippen LogP contribution in [0.1, 0.15) is 13.3 Å². The second-order valence-electron chi connectivity index (χ2n) is 4.22. The Hall–Kier alpha value is -1.63. The maximum atomic E-state index is 5.51. The molecule has 0 radical (unpaired) electrons. The van der Waals surface area contributed by atoms with Gasteiger partial charge in [0, 0.05) is 26.1 Å². The predicted octanol–water partition coefficient (Wildman–Crippen LogP) is 0.759. The van der Waals surface area contributed by atoms with Crippen molar-refractivity contribution >= 4 is 11.9 Å². The van der Waals surface area contributed by atoms with Gasteiger partial charge in [-0.1, -0.05) is 0 Å². The molecule has 1 aromatic rings. The molecule has 2 N–H and O–H groups in total. The van der Waals surface area contributed by atoms with E-state index in [-0.39, 0.29) is 6.10 Å². The van der Waals surface area contributed by atoms with Gasteiger partial charge in [0.15, 0.2) is 0 Å². The highest BCUT2D eigenvalue weighted by atomic mass is 16.5. The number of ether oxygens (including phenoxy) is 2. The third-order valence-electron chi connectivity index (χ3n) is 3.08. The van der Waals surface area contributed by atoms with Crippen molar-refractivity contribution in [1.29, 1.82) is 0 Å². The Balaban J connectivity index is 1.99. The molecule has 1 saturated heterocycles. The quantitative estimate of drug-likeness (QED) is 0.801. The monoisotopic (exact) mass is 253 g/mol. The number of nitrogens with zero attached hydrogens (tertiary/aromatic N) is 3. The predicted molar refractivity (Wildman–Crippen MR) is 67.9 cm³/mol. The maximum Gasteiger partial charge on any atom is 0.322 e. The molecule has 1 aromatic heterocycles. The standard InChI is InChI=1S/C11H19N5O2/c1-7-8(4-5-18-7)6-13-10-14-9(12-2)15-11(16-10)17-3/h7-8H,4-6H2,1-3H3,(H2,12,13,14,15,16). The van der Waals surface area contributed by atoms with Gasteiger partial charge in [0.2, 0.25) is 11.9 Å². The SMILES string of the molecule is CNc1nc(NCC2CCOC2C)nc(OC)n1. The Morgan fingerprint density at radius 1 is 1.33 bits per heavy atom. The Morgan fingerprint density at radius 2 is 2.11 bits per heavy atom. The second kappa shape index (κ2) is 5.81. The molecule has 0 bridgehead atoms. The first kappa shape index (κ1) is 12.8. The van der Waals surface area contributed by atoms with Gasteiger partial charge in [-0.2, -0.15) is 15.0 Å². The molecule has 1 aliphatic heterocycles. The van der Waals surface area contributed by atoms with E-state index in [9.17, 15) is 0 Å². The maximum absolute atomic E-state index is 5.51. The smallest absolute Gasteiger partial charge is 0.322 e. The van der Waals surface area contributed by atoms with Crippen molar-refractivity contribution in [3.63, 3.8) is 0 Å². The van der Waals surface area contributed by atoms with E-state index in [2.05, 4.69) is 32.5 Å². The summed E-state index contributed by atoms with van der Waals surface area (Å²) < 4.78 is 10.5. The molecule has 2 unspecified atom stereocenters. The zero-order valence-electron chi connectivity index (χ0n) is 10.9. The minimum absolute atomic E-state index is 0.282. The molecular formula is C11H19N5O2. The summed E-state index contributed by atoms with van der Waals surface area (Å²) in [4.78, 5) is 12.4. The van der Waals surface area contributed by atoms with Gasteiger partial charge in [0.05, 0.1) is 13.2 Å². The van der Waals surface area contributed by atoms with Gasteiger partial charge in [-0.3, -0.25) is 0 Å². The van der Waals surface area contributed by atoms with Crippen LogP contribution in [-0.4, -0.2) is 48.4 Å². The van der Waals surface area contributed by atoms with Crippen molar-refractivity contribution in [3.05, 3.63) is 0 Å². The van der Waals surface area contributed by atoms with Crippen molar-refractivity contribution in [2.75, 3.05) is 37.9 Å². The third kappa shape index (κ3) is 2.98. The summed E-state index contributed by atoms with van der Waals surface area (Å²) in [6.45, 7) is 3.71. The van der Waals surface area contributed by atoms with Crippen LogP contribution in [0.15, 0.2) is 0 Å². The molecule has 0 spiro atoms. The first-order chi connectivity index (χ1) is 8.72. The van der Waals surface area contributed by atoms with Crippen LogP contribution in [-0.2, 0) is 4.74 Å². The molecule has 18 heavy (non-hydrogen) atoms. The topological polar surface area (TPSA) is 81.2 Å². The summed E-state index contributed by atoms with van der Waals surface area (Å²) >= 11 is 0. The summed E-state index contributed by atoms with van der Waals surface area (Å²) in [6.07, 6.45) is 1.35. The van der Waals surface area contributed by atoms with E-state index in [1.54, 1.807) is 7.05 Å². The van der Waals surface area contributed by atoms with Crippen LogP contribution in [0.3, 0.4) is 0 Å². The fraction of sp³-hybridized carbons (Fsp3) is 0.727. The van der Waals surface area contributed by atoms with E-state index >= 15 is 0 Å². The Morgan fingerprint density at radius 3 is 2.72 bits per heavy atom. The van der Waals surface area contributed by atoms with Crippen LogP contribution in [0.4, 0.5) is 11.9 Å². The Bertz CT molecular complexity index is 379. The minimum Gasteiger partial charge on any atom is -0.467 e. The number of nitrogens with one attached hydrogen (secondary N) is 2. The van der Waals surface area contributed by atoms with Gasteiger partial charge < -0.3 is 20.1 Å². The summed E-state index contributed by atoms with van der Waals surface area (Å²) in [5.41, 5.74) is 0. The molecule has 2 heterocycles. The Kier molecular flexibility index (Phi) is 4.14. The number of hydrogen-bond donors (Lipinski definition) is 2. The largest absolute Gasteiger partial charge is 0.467 e. The summed E-state index contributed by atoms with van der Waals surface area (Å²) in [5.74, 6) is 1.50. The van der Waals surface area contributed by atoms with Gasteiger partial charge in [-0.15, -0.1) is 0 Å². The fourth-order valence-electron chi connectivity index (χ4n) is 1.91. The van der Waals surface area contributed by atoms with Crippen molar-refractivity contribution in [1.82, 2.24) is 15.0 Å². The number of aromatic nitrogens is 3. The lowest BCUT2D eigenvalue weighted by Crippen LogP contribution is -2.22. The highest BCUT2D eigenvalue weighted by Gasteiger charge is 2.24. The molecule has 7 heteroatoms. The molecule has 100 valence electrons. The number of rotatable bonds is 5. The van der Waals surface area contributed by atoms with Crippen LogP contribution in [0.25, 0.3) is 0 Å². The van der Waals surface area contributed by atoms with E-state index in [0.29, 0.717) is 23.8 Å². The summed E-state index contributed by atoms with van der Waals surface area (Å²) in [5, 5.41) is 6.08. The molecule has 2 rings (SSSR count). The fourth-order valence-corrected chi connectivity index (χ4v) is 1.91. The zero-order chi connectivity index (χ0) is 13.0. The van der Waals surface area contributed by atoms with Crippen molar-refractivity contribution in [2.24, 2.45) is 5.92 Å². The zero-order valence-corrected chi connectivity index (χ0v) is 10.9. The van der Waals surface area contributed by atoms with Crippen LogP contribution >= 0.6 is 0 Å². The first-order valence-electron chi connectivity index (χ1n) is 6.06. The van der Waals surface area contributed by atoms with E-state index in [1.165, 1.54) is 7.11 Å². The van der Waals surface area contributed by atoms with Crippen LogP contribution in [0.2, 0.25) is 0 Å². The van der Waals surface area contributed by atoms with Crippen LogP contribution in [0, 0.1) is 5.92 Å². The lowest BCUT2D eigenvalue weighted by molar-refractivity contribution is 0.108. The molecule has 7 nitrogen and oxygen atoms in total. The second-order valence-corrected chi connectivity index (χ2v) is 4.22. The van der Waals surface area contributed by atoms with Crippen molar-refractivity contribution in [3.8, 4) is 6.01 Å². The molecular weight excluding hydrogens is 234 g/mol. The average molecular weight is 253 g/mol. The van der Waals surface area contributed by atoms with Gasteiger partial charge in [-0.05, 0) is 13.3 Å². The molecule has 2 atom stereocenters. The highest BCUT2D eigenvalue weighted by Crippen LogP contribution is 2.20. The lowest BCUT2D eigenvalue weighted by Gasteiger charge is -2.15. The molecule has 0 saturated carbocycles. The number of methoxy groups -OCH3 is 1. The van der Waals surface area contributed by atoms with Gasteiger partial charge in [-0.25, -0.2) is 0 Å². The van der Waals surface area contributed by atoms with E-state index < -0.39 is 0 Å². The molecule has 0 aliphatic carbocycles. The molecule has 0 aromatic carbocycles. The molecule has 1 fully saturated rings. The lowest BCUT2D eigenvalue weighted by atomic mass is 10.0. The third-order valence-corrected chi connectivity index (χ3v) is 3.08. The van der Waals surface area contributed by atoms with E-state index in [4.69, 9.17) is 9.47 Å². The van der Waals surface area contributed by atoms with Crippen LogP contribution in [0.5, 0.6) is 6.01 Å². The summed E-state index contributed by atoms with van der Waals surface area (Å²) in [7, 11) is 3.29. The highest BCUT2D eigenvalue weighted by molar-refractivity contribution is 5.35. The number of anilines is 2. The summed E-state index contributed by atoms with van der Waals surface area (Å²) in [6, 6.07) is 0.299. The molecule has 1 aliphatic rings. The average Bonchev–Trinajstić information content (AvgIpc) is 2.81. The van der Waals surface area contributed by atoms with Gasteiger partial charge in [0.1, 0.15) is 0 Å². The van der Waals surface area contributed by atoms with Crippen molar-refractivity contribution in [2.45, 2.75) is 19.4 Å². The van der Waals surface area contributed by atoms with Gasteiger partial charge in [0.25, 0.3) is 0 Å². The van der Waals surface area contributed by atoms with E-state index in [1.807, 2.05) is 0 Å². The van der Waals surface area contributed by atoms with Crippen molar-refractivity contribution < 1.29 is 9.47 Å². The molecule has 0 amide bonds. The number of hydrogen-bond acceptors (Lipinski definition) is 7. The van der Waals surface area contributed by atoms with Gasteiger partial charge >= 0.3 is 6.01 Å². The first-order valence-corrected chi connectivity index (χ1v) is 6.06. The Labute approximate surface area is 106 Å². The normalized spacial score (nSPS) is 22.8.